The van der Waals surface area contributed by atoms with Crippen molar-refractivity contribution in [2.45, 2.75) is 31.7 Å². The zero-order valence-corrected chi connectivity index (χ0v) is 13.6. The first-order valence-electron chi connectivity index (χ1n) is 8.27. The molecule has 0 N–H and O–H groups in total. The topological polar surface area (TPSA) is 30.3 Å². The molecule has 1 aromatic heterocycles. The number of halogens is 1. The Morgan fingerprint density at radius 2 is 2.00 bits per heavy atom. The maximum absolute atomic E-state index is 6.44. The molecular weight excluding hydrogens is 298 g/mol. The van der Waals surface area contributed by atoms with Gasteiger partial charge in [0.05, 0.1) is 29.3 Å². The molecule has 1 aromatic carbocycles. The molecule has 2 heterocycles. The molecule has 0 amide bonds. The number of ether oxygens (including phenoxy) is 1. The van der Waals surface area contributed by atoms with E-state index < -0.39 is 0 Å². The standard InChI is InChI=1S/C17H22ClN3O/c18-14-3-1-4-15-16(14)21(17(19-15)13-5-6-13)8-2-7-20-9-11-22-12-10-20/h1,3-4,13H,2,5-12H2. The summed E-state index contributed by atoms with van der Waals surface area (Å²) in [5, 5.41) is 0.822. The van der Waals surface area contributed by atoms with Crippen molar-refractivity contribution in [1.29, 1.82) is 0 Å². The van der Waals surface area contributed by atoms with Gasteiger partial charge in [-0.3, -0.25) is 4.90 Å². The van der Waals surface area contributed by atoms with Crippen molar-refractivity contribution < 1.29 is 4.74 Å². The van der Waals surface area contributed by atoms with E-state index in [-0.39, 0.29) is 0 Å². The van der Waals surface area contributed by atoms with Crippen LogP contribution >= 0.6 is 11.6 Å². The first-order valence-corrected chi connectivity index (χ1v) is 8.65. The first-order chi connectivity index (χ1) is 10.8. The van der Waals surface area contributed by atoms with Gasteiger partial charge in [0.2, 0.25) is 0 Å². The minimum atomic E-state index is 0.645. The SMILES string of the molecule is Clc1cccc2nc(C3CC3)n(CCCN3CCOCC3)c12. The van der Waals surface area contributed by atoms with E-state index in [0.717, 1.165) is 61.9 Å². The number of fused-ring (bicyclic) bond motifs is 1. The Kier molecular flexibility index (Phi) is 4.07. The third kappa shape index (κ3) is 2.87. The number of rotatable bonds is 5. The number of aryl methyl sites for hydroxylation is 1. The third-order valence-corrected chi connectivity index (χ3v) is 4.95. The van der Waals surface area contributed by atoms with Crippen molar-refractivity contribution in [2.24, 2.45) is 0 Å². The Labute approximate surface area is 136 Å². The van der Waals surface area contributed by atoms with E-state index in [0.29, 0.717) is 5.92 Å². The Morgan fingerprint density at radius 1 is 1.18 bits per heavy atom. The second-order valence-corrected chi connectivity index (χ2v) is 6.72. The Morgan fingerprint density at radius 3 is 2.77 bits per heavy atom. The molecule has 1 aliphatic heterocycles. The normalized spacial score (nSPS) is 19.9. The van der Waals surface area contributed by atoms with Crippen LogP contribution in [-0.4, -0.2) is 47.3 Å². The molecule has 4 rings (SSSR count). The predicted octanol–water partition coefficient (Wildman–Crippen LogP) is 3.29. The van der Waals surface area contributed by atoms with Gasteiger partial charge in [-0.25, -0.2) is 4.98 Å². The molecule has 1 saturated heterocycles. The molecule has 2 fully saturated rings. The molecule has 4 nitrogen and oxygen atoms in total. The van der Waals surface area contributed by atoms with E-state index in [1.54, 1.807) is 0 Å². The van der Waals surface area contributed by atoms with Crippen LogP contribution in [0.4, 0.5) is 0 Å². The largest absolute Gasteiger partial charge is 0.379 e. The van der Waals surface area contributed by atoms with E-state index in [2.05, 4.69) is 15.5 Å². The van der Waals surface area contributed by atoms with Crippen LogP contribution in [0.1, 0.15) is 31.0 Å². The van der Waals surface area contributed by atoms with Crippen LogP contribution in [0.5, 0.6) is 0 Å². The summed E-state index contributed by atoms with van der Waals surface area (Å²) in [4.78, 5) is 7.33. The molecule has 0 radical (unpaired) electrons. The van der Waals surface area contributed by atoms with Crippen LogP contribution in [0, 0.1) is 0 Å². The zero-order chi connectivity index (χ0) is 14.9. The average molecular weight is 320 g/mol. The maximum atomic E-state index is 6.44. The van der Waals surface area contributed by atoms with Gasteiger partial charge in [-0.1, -0.05) is 17.7 Å². The predicted molar refractivity (Wildman–Crippen MR) is 88.6 cm³/mol. The number of aromatic nitrogens is 2. The fourth-order valence-corrected chi connectivity index (χ4v) is 3.59. The highest BCUT2D eigenvalue weighted by molar-refractivity contribution is 6.35. The molecule has 1 aliphatic carbocycles. The number of nitrogens with zero attached hydrogens (tertiary/aromatic N) is 3. The highest BCUT2D eigenvalue weighted by Gasteiger charge is 2.30. The second kappa shape index (κ2) is 6.19. The summed E-state index contributed by atoms with van der Waals surface area (Å²) < 4.78 is 7.78. The van der Waals surface area contributed by atoms with E-state index >= 15 is 0 Å². The molecule has 2 aromatic rings. The first kappa shape index (κ1) is 14.5. The van der Waals surface area contributed by atoms with E-state index in [1.807, 2.05) is 12.1 Å². The molecule has 2 aliphatic rings. The molecule has 1 saturated carbocycles. The summed E-state index contributed by atoms with van der Waals surface area (Å²) in [6.45, 7) is 5.98. The number of hydrogen-bond acceptors (Lipinski definition) is 3. The van der Waals surface area contributed by atoms with Gasteiger partial charge in [0, 0.05) is 32.1 Å². The number of hydrogen-bond donors (Lipinski definition) is 0. The van der Waals surface area contributed by atoms with Gasteiger partial charge in [0.1, 0.15) is 5.82 Å². The van der Waals surface area contributed by atoms with Gasteiger partial charge >= 0.3 is 0 Å². The Bertz CT molecular complexity index is 659. The molecular formula is C17H22ClN3O. The van der Waals surface area contributed by atoms with Crippen LogP contribution in [-0.2, 0) is 11.3 Å². The lowest BCUT2D eigenvalue weighted by Gasteiger charge is -2.26. The minimum absolute atomic E-state index is 0.645. The van der Waals surface area contributed by atoms with Crippen LogP contribution in [0.25, 0.3) is 11.0 Å². The second-order valence-electron chi connectivity index (χ2n) is 6.31. The summed E-state index contributed by atoms with van der Waals surface area (Å²) in [6, 6.07) is 6.04. The number of benzene rings is 1. The molecule has 22 heavy (non-hydrogen) atoms. The van der Waals surface area contributed by atoms with Crippen LogP contribution in [0.2, 0.25) is 5.02 Å². The third-order valence-electron chi connectivity index (χ3n) is 4.65. The highest BCUT2D eigenvalue weighted by atomic mass is 35.5. The number of morpholine rings is 1. The molecule has 0 bridgehead atoms. The quantitative estimate of drug-likeness (QED) is 0.847. The molecule has 0 spiro atoms. The minimum Gasteiger partial charge on any atom is -0.379 e. The lowest BCUT2D eigenvalue weighted by molar-refractivity contribution is 0.0369. The summed E-state index contributed by atoms with van der Waals surface area (Å²) in [6.07, 6.45) is 3.67. The van der Waals surface area contributed by atoms with Crippen molar-refractivity contribution in [3.8, 4) is 0 Å². The van der Waals surface area contributed by atoms with Crippen molar-refractivity contribution in [1.82, 2.24) is 14.5 Å². The summed E-state index contributed by atoms with van der Waals surface area (Å²) >= 11 is 6.44. The van der Waals surface area contributed by atoms with Gasteiger partial charge < -0.3 is 9.30 Å². The highest BCUT2D eigenvalue weighted by Crippen LogP contribution is 2.41. The summed E-state index contributed by atoms with van der Waals surface area (Å²) in [5.41, 5.74) is 2.16. The van der Waals surface area contributed by atoms with Gasteiger partial charge in [0.25, 0.3) is 0 Å². The van der Waals surface area contributed by atoms with Crippen molar-refractivity contribution in [2.75, 3.05) is 32.8 Å². The smallest absolute Gasteiger partial charge is 0.113 e. The Balaban J connectivity index is 1.53. The lowest BCUT2D eigenvalue weighted by Crippen LogP contribution is -2.37. The fourth-order valence-electron chi connectivity index (χ4n) is 3.32. The van der Waals surface area contributed by atoms with E-state index in [4.69, 9.17) is 21.3 Å². The molecule has 0 atom stereocenters. The van der Waals surface area contributed by atoms with E-state index in [1.165, 1.54) is 18.7 Å². The van der Waals surface area contributed by atoms with Gasteiger partial charge in [-0.05, 0) is 31.4 Å². The summed E-state index contributed by atoms with van der Waals surface area (Å²) in [5.74, 6) is 1.89. The molecule has 118 valence electrons. The lowest BCUT2D eigenvalue weighted by atomic mass is 10.3. The average Bonchev–Trinajstić information content (AvgIpc) is 3.31. The Hall–Kier alpha value is -1.10. The molecule has 0 unspecified atom stereocenters. The maximum Gasteiger partial charge on any atom is 0.113 e. The molecule has 5 heteroatoms. The van der Waals surface area contributed by atoms with Gasteiger partial charge in [-0.15, -0.1) is 0 Å². The number of para-hydroxylation sites is 1. The van der Waals surface area contributed by atoms with Crippen LogP contribution in [0.15, 0.2) is 18.2 Å². The zero-order valence-electron chi connectivity index (χ0n) is 12.8. The number of imidazole rings is 1. The van der Waals surface area contributed by atoms with Crippen molar-refractivity contribution in [3.63, 3.8) is 0 Å². The van der Waals surface area contributed by atoms with Crippen LogP contribution in [0.3, 0.4) is 0 Å². The van der Waals surface area contributed by atoms with Crippen molar-refractivity contribution >= 4 is 22.6 Å². The van der Waals surface area contributed by atoms with Crippen molar-refractivity contribution in [3.05, 3.63) is 29.0 Å². The van der Waals surface area contributed by atoms with Gasteiger partial charge in [-0.2, -0.15) is 0 Å². The monoisotopic (exact) mass is 319 g/mol. The van der Waals surface area contributed by atoms with Crippen LogP contribution < -0.4 is 0 Å². The van der Waals surface area contributed by atoms with Gasteiger partial charge in [0.15, 0.2) is 0 Å². The summed E-state index contributed by atoms with van der Waals surface area (Å²) in [7, 11) is 0. The fraction of sp³-hybridized carbons (Fsp3) is 0.588. The van der Waals surface area contributed by atoms with E-state index in [9.17, 15) is 0 Å².